The zero-order valence-corrected chi connectivity index (χ0v) is 28.2. The second-order valence-electron chi connectivity index (χ2n) is 14.9. The summed E-state index contributed by atoms with van der Waals surface area (Å²) < 4.78 is 0. The summed E-state index contributed by atoms with van der Waals surface area (Å²) in [5.74, 6) is -0.317. The molecule has 3 aliphatic rings. The standard InChI is InChI=1S/C37H51ClN4O3/c1-35(2,3)41-34(45)37(27-11-6-5-7-12-27)20-22-42(23-21-37)33(44)31(24-25-14-17-28(38)18-15-25)40-32(43)30-19-16-26-10-8-9-13-29(26)36(30,4)39/h8-10,13-15,17-18,27,30-31H,5-7,11-12,16,19-24,39H2,1-4H3,(H,40,43)(H,41,45)/t30-,31+,36-/m0/s1. The van der Waals surface area contributed by atoms with Gasteiger partial charge in [-0.3, -0.25) is 14.4 Å². The Labute approximate surface area is 274 Å². The Hall–Kier alpha value is -2.90. The van der Waals surface area contributed by atoms with E-state index in [1.54, 1.807) is 0 Å². The minimum absolute atomic E-state index is 0.110. The van der Waals surface area contributed by atoms with Crippen LogP contribution in [-0.4, -0.2) is 47.3 Å². The molecule has 0 aromatic heterocycles. The lowest BCUT2D eigenvalue weighted by molar-refractivity contribution is -0.147. The number of likely N-dealkylation sites (tertiary alicyclic amines) is 1. The van der Waals surface area contributed by atoms with Gasteiger partial charge < -0.3 is 21.3 Å². The van der Waals surface area contributed by atoms with Crippen LogP contribution in [0.3, 0.4) is 0 Å². The first-order valence-corrected chi connectivity index (χ1v) is 17.2. The van der Waals surface area contributed by atoms with Crippen LogP contribution in [0.15, 0.2) is 48.5 Å². The van der Waals surface area contributed by atoms with Gasteiger partial charge in [0.05, 0.1) is 16.9 Å². The van der Waals surface area contributed by atoms with Crippen molar-refractivity contribution in [3.8, 4) is 0 Å². The van der Waals surface area contributed by atoms with Gasteiger partial charge in [0, 0.05) is 30.1 Å². The molecule has 0 spiro atoms. The molecule has 244 valence electrons. The molecule has 2 fully saturated rings. The van der Waals surface area contributed by atoms with Crippen molar-refractivity contribution in [1.29, 1.82) is 0 Å². The van der Waals surface area contributed by atoms with Crippen LogP contribution in [0.2, 0.25) is 5.02 Å². The fourth-order valence-corrected chi connectivity index (χ4v) is 8.20. The van der Waals surface area contributed by atoms with Gasteiger partial charge in [-0.25, -0.2) is 0 Å². The smallest absolute Gasteiger partial charge is 0.245 e. The fourth-order valence-electron chi connectivity index (χ4n) is 8.07. The molecular formula is C37H51ClN4O3. The molecule has 1 heterocycles. The van der Waals surface area contributed by atoms with Crippen molar-refractivity contribution in [2.24, 2.45) is 23.0 Å². The predicted molar refractivity (Wildman–Crippen MR) is 180 cm³/mol. The van der Waals surface area contributed by atoms with Crippen molar-refractivity contribution >= 4 is 29.3 Å². The third-order valence-electron chi connectivity index (χ3n) is 10.6. The summed E-state index contributed by atoms with van der Waals surface area (Å²) in [5.41, 5.74) is 8.29. The van der Waals surface area contributed by atoms with E-state index < -0.39 is 22.9 Å². The first-order valence-electron chi connectivity index (χ1n) is 16.8. The average molecular weight is 635 g/mol. The maximum absolute atomic E-state index is 14.3. The Balaban J connectivity index is 1.35. The van der Waals surface area contributed by atoms with Crippen molar-refractivity contribution in [1.82, 2.24) is 15.5 Å². The van der Waals surface area contributed by atoms with Crippen LogP contribution >= 0.6 is 11.6 Å². The van der Waals surface area contributed by atoms with Gasteiger partial charge in [0.15, 0.2) is 0 Å². The fraction of sp³-hybridized carbons (Fsp3) is 0.595. The second-order valence-corrected chi connectivity index (χ2v) is 15.4. The highest BCUT2D eigenvalue weighted by Crippen LogP contribution is 2.46. The molecule has 7 nitrogen and oxygen atoms in total. The first-order chi connectivity index (χ1) is 21.3. The Morgan fingerprint density at radius 3 is 2.27 bits per heavy atom. The zero-order valence-electron chi connectivity index (χ0n) is 27.5. The van der Waals surface area contributed by atoms with Gasteiger partial charge >= 0.3 is 0 Å². The van der Waals surface area contributed by atoms with Crippen LogP contribution in [0.1, 0.15) is 95.8 Å². The Kier molecular flexibility index (Phi) is 10.0. The van der Waals surface area contributed by atoms with Crippen LogP contribution in [0.25, 0.3) is 0 Å². The largest absolute Gasteiger partial charge is 0.351 e. The lowest BCUT2D eigenvalue weighted by Gasteiger charge is -2.48. The van der Waals surface area contributed by atoms with E-state index >= 15 is 0 Å². The number of hydrogen-bond donors (Lipinski definition) is 3. The molecule has 4 N–H and O–H groups in total. The number of nitrogens with two attached hydrogens (primary N) is 1. The number of piperidine rings is 1. The summed E-state index contributed by atoms with van der Waals surface area (Å²) in [5, 5.41) is 7.05. The number of nitrogens with zero attached hydrogens (tertiary/aromatic N) is 1. The molecule has 1 saturated heterocycles. The molecule has 2 aromatic rings. The third-order valence-corrected chi connectivity index (χ3v) is 10.9. The normalized spacial score (nSPS) is 24.3. The third kappa shape index (κ3) is 7.41. The van der Waals surface area contributed by atoms with E-state index in [2.05, 4.69) is 16.7 Å². The van der Waals surface area contributed by atoms with Gasteiger partial charge in [0.2, 0.25) is 17.7 Å². The Morgan fingerprint density at radius 2 is 1.62 bits per heavy atom. The molecule has 5 rings (SSSR count). The second kappa shape index (κ2) is 13.4. The average Bonchev–Trinajstić information content (AvgIpc) is 3.01. The first kappa shape index (κ1) is 33.5. The van der Waals surface area contributed by atoms with E-state index in [1.165, 1.54) is 12.0 Å². The highest BCUT2D eigenvalue weighted by atomic mass is 35.5. The van der Waals surface area contributed by atoms with Crippen LogP contribution in [-0.2, 0) is 32.8 Å². The van der Waals surface area contributed by atoms with E-state index in [0.29, 0.717) is 49.7 Å². The number of rotatable bonds is 7. The highest BCUT2D eigenvalue weighted by molar-refractivity contribution is 6.30. The number of hydrogen-bond acceptors (Lipinski definition) is 4. The molecule has 45 heavy (non-hydrogen) atoms. The number of benzene rings is 2. The number of carbonyl (C=O) groups is 3. The van der Waals surface area contributed by atoms with Gasteiger partial charge in [-0.15, -0.1) is 0 Å². The minimum atomic E-state index is -0.849. The molecule has 0 unspecified atom stereocenters. The van der Waals surface area contributed by atoms with Crippen LogP contribution < -0.4 is 16.4 Å². The highest BCUT2D eigenvalue weighted by Gasteiger charge is 2.49. The number of aryl methyl sites for hydroxylation is 1. The SMILES string of the molecule is CC(C)(C)NC(=O)C1(C2CCCCC2)CCN(C(=O)[C@@H](Cc2ccc(Cl)cc2)NC(=O)[C@@H]2CCc3ccccc3[C@]2(C)N)CC1. The molecule has 2 aliphatic carbocycles. The van der Waals surface area contributed by atoms with Crippen molar-refractivity contribution in [3.63, 3.8) is 0 Å². The molecule has 0 radical (unpaired) electrons. The maximum atomic E-state index is 14.3. The van der Waals surface area contributed by atoms with Crippen molar-refractivity contribution in [2.45, 2.75) is 109 Å². The lowest BCUT2D eigenvalue weighted by Crippen LogP contribution is -2.60. The molecule has 1 aliphatic heterocycles. The zero-order chi connectivity index (χ0) is 32.4. The van der Waals surface area contributed by atoms with Crippen LogP contribution in [0, 0.1) is 17.3 Å². The van der Waals surface area contributed by atoms with Gasteiger partial charge in [-0.2, -0.15) is 0 Å². The van der Waals surface area contributed by atoms with E-state index in [0.717, 1.165) is 43.2 Å². The van der Waals surface area contributed by atoms with E-state index in [1.807, 2.05) is 75.1 Å². The minimum Gasteiger partial charge on any atom is -0.351 e. The quantitative estimate of drug-likeness (QED) is 0.352. The predicted octanol–water partition coefficient (Wildman–Crippen LogP) is 5.91. The Bertz CT molecular complexity index is 1370. The summed E-state index contributed by atoms with van der Waals surface area (Å²) in [4.78, 5) is 44.0. The monoisotopic (exact) mass is 634 g/mol. The molecule has 3 amide bonds. The maximum Gasteiger partial charge on any atom is 0.245 e. The van der Waals surface area contributed by atoms with Crippen molar-refractivity contribution < 1.29 is 14.4 Å². The number of carbonyl (C=O) groups excluding carboxylic acids is 3. The number of halogens is 1. The van der Waals surface area contributed by atoms with Crippen molar-refractivity contribution in [2.75, 3.05) is 13.1 Å². The summed E-state index contributed by atoms with van der Waals surface area (Å²) in [7, 11) is 0. The molecule has 2 aromatic carbocycles. The molecular weight excluding hydrogens is 584 g/mol. The molecule has 0 bridgehead atoms. The summed E-state index contributed by atoms with van der Waals surface area (Å²) in [6.45, 7) is 8.98. The summed E-state index contributed by atoms with van der Waals surface area (Å²) in [6.07, 6.45) is 8.64. The van der Waals surface area contributed by atoms with Crippen LogP contribution in [0.5, 0.6) is 0 Å². The topological polar surface area (TPSA) is 105 Å². The van der Waals surface area contributed by atoms with Crippen molar-refractivity contribution in [3.05, 3.63) is 70.2 Å². The number of nitrogens with one attached hydrogen (secondary N) is 2. The lowest BCUT2D eigenvalue weighted by atomic mass is 9.63. The van der Waals surface area contributed by atoms with Gasteiger partial charge in [-0.05, 0) is 101 Å². The molecule has 3 atom stereocenters. The van der Waals surface area contributed by atoms with Gasteiger partial charge in [-0.1, -0.05) is 67.3 Å². The summed E-state index contributed by atoms with van der Waals surface area (Å²) in [6, 6.07) is 14.7. The van der Waals surface area contributed by atoms with Gasteiger partial charge in [0.25, 0.3) is 0 Å². The van der Waals surface area contributed by atoms with E-state index in [9.17, 15) is 14.4 Å². The van der Waals surface area contributed by atoms with Crippen LogP contribution in [0.4, 0.5) is 0 Å². The Morgan fingerprint density at radius 1 is 0.978 bits per heavy atom. The van der Waals surface area contributed by atoms with E-state index in [4.69, 9.17) is 17.3 Å². The molecule has 1 saturated carbocycles. The van der Waals surface area contributed by atoms with E-state index in [-0.39, 0.29) is 23.3 Å². The van der Waals surface area contributed by atoms with Gasteiger partial charge in [0.1, 0.15) is 6.04 Å². The number of amides is 3. The summed E-state index contributed by atoms with van der Waals surface area (Å²) >= 11 is 6.16. The molecule has 8 heteroatoms. The number of fused-ring (bicyclic) bond motifs is 1.